The molecule has 7 rings (SSSR count). The van der Waals surface area contributed by atoms with Gasteiger partial charge in [-0.05, 0) is 92.4 Å². The monoisotopic (exact) mass is 507 g/mol. The van der Waals surface area contributed by atoms with E-state index in [4.69, 9.17) is 5.73 Å². The molecule has 1 unspecified atom stereocenters. The van der Waals surface area contributed by atoms with Crippen LogP contribution in [0.5, 0.6) is 0 Å². The highest BCUT2D eigenvalue weighted by Gasteiger charge is 2.25. The highest BCUT2D eigenvalue weighted by atomic mass is 15.2. The smallest absolute Gasteiger partial charge is 0.0453 e. The van der Waals surface area contributed by atoms with E-state index in [2.05, 4.69) is 125 Å². The lowest BCUT2D eigenvalue weighted by Crippen LogP contribution is -2.36. The van der Waals surface area contributed by atoms with Crippen molar-refractivity contribution in [3.05, 3.63) is 126 Å². The molecule has 39 heavy (non-hydrogen) atoms. The van der Waals surface area contributed by atoms with E-state index in [-0.39, 0.29) is 0 Å². The molecule has 3 nitrogen and oxygen atoms in total. The Kier molecular flexibility index (Phi) is 6.24. The number of rotatable bonds is 7. The van der Waals surface area contributed by atoms with E-state index in [9.17, 15) is 0 Å². The van der Waals surface area contributed by atoms with Crippen LogP contribution in [0.25, 0.3) is 44.5 Å². The molecule has 0 saturated carbocycles. The second-order valence-corrected chi connectivity index (χ2v) is 10.7. The van der Waals surface area contributed by atoms with E-state index in [0.29, 0.717) is 12.6 Å². The van der Waals surface area contributed by atoms with Gasteiger partial charge in [-0.25, -0.2) is 0 Å². The molecule has 5 aromatic carbocycles. The topological polar surface area (TPSA) is 51.2 Å². The Bertz CT molecular complexity index is 1650. The summed E-state index contributed by atoms with van der Waals surface area (Å²) >= 11 is 0. The molecule has 0 bridgehead atoms. The summed E-state index contributed by atoms with van der Waals surface area (Å²) in [5, 5.41) is 3.48. The van der Waals surface area contributed by atoms with Gasteiger partial charge in [0.15, 0.2) is 0 Å². The Hall–Kier alpha value is -4.18. The second kappa shape index (κ2) is 10.2. The lowest BCUT2D eigenvalue weighted by molar-refractivity contribution is 0.618. The maximum Gasteiger partial charge on any atom is 0.0453 e. The summed E-state index contributed by atoms with van der Waals surface area (Å²) in [7, 11) is 0. The van der Waals surface area contributed by atoms with E-state index in [1.165, 1.54) is 67.7 Å². The van der Waals surface area contributed by atoms with Crippen LogP contribution >= 0.6 is 0 Å². The van der Waals surface area contributed by atoms with Crippen molar-refractivity contribution in [1.29, 1.82) is 0 Å². The summed E-state index contributed by atoms with van der Waals surface area (Å²) in [6.07, 6.45) is 1.26. The maximum absolute atomic E-state index is 6.07. The molecule has 0 aliphatic carbocycles. The molecular weight excluding hydrogens is 474 g/mol. The average molecular weight is 508 g/mol. The third-order valence-electron chi connectivity index (χ3n) is 8.13. The molecule has 2 aliphatic rings. The van der Waals surface area contributed by atoms with Crippen LogP contribution in [-0.4, -0.2) is 19.6 Å². The number of anilines is 1. The summed E-state index contributed by atoms with van der Waals surface area (Å²) in [6, 6.07) is 42.7. The zero-order valence-corrected chi connectivity index (χ0v) is 22.1. The zero-order valence-electron chi connectivity index (χ0n) is 22.1. The Morgan fingerprint density at radius 3 is 1.79 bits per heavy atom. The first-order valence-electron chi connectivity index (χ1n) is 14.0. The van der Waals surface area contributed by atoms with Gasteiger partial charge >= 0.3 is 0 Å². The Morgan fingerprint density at radius 2 is 1.18 bits per heavy atom. The number of nitrogens with zero attached hydrogens (tertiary/aromatic N) is 1. The van der Waals surface area contributed by atoms with E-state index in [0.717, 1.165) is 19.6 Å². The first-order chi connectivity index (χ1) is 19.3. The third-order valence-corrected chi connectivity index (χ3v) is 8.13. The highest BCUT2D eigenvalue weighted by Crippen LogP contribution is 2.38. The fraction of sp³-hybridized carbons (Fsp3) is 0.167. The second-order valence-electron chi connectivity index (χ2n) is 10.7. The zero-order chi connectivity index (χ0) is 26.2. The van der Waals surface area contributed by atoms with Crippen molar-refractivity contribution >= 4 is 5.69 Å². The number of nitrogens with two attached hydrogens (primary N) is 1. The largest absolute Gasteiger partial charge is 0.371 e. The lowest BCUT2D eigenvalue weighted by atomic mass is 9.92. The van der Waals surface area contributed by atoms with Crippen LogP contribution < -0.4 is 16.0 Å². The van der Waals surface area contributed by atoms with Crippen molar-refractivity contribution in [2.45, 2.75) is 19.0 Å². The van der Waals surface area contributed by atoms with Crippen LogP contribution in [0.15, 0.2) is 115 Å². The Balaban J connectivity index is 1.32. The molecule has 192 valence electrons. The summed E-state index contributed by atoms with van der Waals surface area (Å²) in [5.41, 5.74) is 19.9. The molecular formula is C36H33N3. The molecule has 2 aliphatic heterocycles. The molecule has 5 aromatic rings. The van der Waals surface area contributed by atoms with Crippen LogP contribution in [0.2, 0.25) is 0 Å². The predicted molar refractivity (Wildman–Crippen MR) is 164 cm³/mol. The van der Waals surface area contributed by atoms with Gasteiger partial charge < -0.3 is 16.0 Å². The molecule has 0 amide bonds. The van der Waals surface area contributed by atoms with E-state index in [1.54, 1.807) is 0 Å². The molecule has 1 atom stereocenters. The van der Waals surface area contributed by atoms with Gasteiger partial charge in [0.1, 0.15) is 0 Å². The SMILES string of the molecule is NCc1ccccc1-c1cccc(-c2cc(-c3cccc(-c4ccccc4C4CN4)c3)cc(N3CCC3)c2)c1. The molecule has 0 spiro atoms. The molecule has 3 N–H and O–H groups in total. The molecule has 2 heterocycles. The summed E-state index contributed by atoms with van der Waals surface area (Å²) < 4.78 is 0. The minimum Gasteiger partial charge on any atom is -0.371 e. The van der Waals surface area contributed by atoms with Crippen molar-refractivity contribution in [3.63, 3.8) is 0 Å². The standard InChI is InChI=1S/C36H33N3/c37-23-29-8-1-2-13-33(29)27-11-5-9-25(18-27)30-20-31(22-32(21-30)39-16-7-17-39)26-10-6-12-28(19-26)34-14-3-4-15-35(34)36-24-38-36/h1-6,8-15,18-22,36,38H,7,16-17,23-24,37H2. The lowest BCUT2D eigenvalue weighted by Gasteiger charge is -2.34. The average Bonchev–Trinajstić information content (AvgIpc) is 3.82. The van der Waals surface area contributed by atoms with Gasteiger partial charge in [-0.15, -0.1) is 0 Å². The minimum atomic E-state index is 0.475. The van der Waals surface area contributed by atoms with E-state index >= 15 is 0 Å². The minimum absolute atomic E-state index is 0.475. The van der Waals surface area contributed by atoms with Crippen molar-refractivity contribution in [1.82, 2.24) is 5.32 Å². The normalized spacial score (nSPS) is 16.1. The van der Waals surface area contributed by atoms with Crippen molar-refractivity contribution in [2.24, 2.45) is 5.73 Å². The molecule has 0 radical (unpaired) electrons. The molecule has 2 saturated heterocycles. The maximum atomic E-state index is 6.07. The van der Waals surface area contributed by atoms with Crippen LogP contribution in [0.4, 0.5) is 5.69 Å². The number of benzene rings is 5. The van der Waals surface area contributed by atoms with Gasteiger partial charge in [-0.3, -0.25) is 0 Å². The third kappa shape index (κ3) is 4.76. The van der Waals surface area contributed by atoms with Crippen molar-refractivity contribution in [2.75, 3.05) is 24.5 Å². The van der Waals surface area contributed by atoms with Gasteiger partial charge in [-0.1, -0.05) is 84.9 Å². The number of hydrogen-bond acceptors (Lipinski definition) is 3. The van der Waals surface area contributed by atoms with Gasteiger partial charge in [0.05, 0.1) is 0 Å². The molecule has 0 aromatic heterocycles. The highest BCUT2D eigenvalue weighted by molar-refractivity contribution is 5.83. The van der Waals surface area contributed by atoms with Crippen LogP contribution in [0, 0.1) is 0 Å². The summed E-state index contributed by atoms with van der Waals surface area (Å²) in [4.78, 5) is 2.48. The number of nitrogens with one attached hydrogen (secondary N) is 1. The van der Waals surface area contributed by atoms with Crippen molar-refractivity contribution in [3.8, 4) is 44.5 Å². The fourth-order valence-corrected chi connectivity index (χ4v) is 5.76. The van der Waals surface area contributed by atoms with Crippen LogP contribution in [0.1, 0.15) is 23.6 Å². The molecule has 2 fully saturated rings. The van der Waals surface area contributed by atoms with E-state index in [1.807, 2.05) is 0 Å². The van der Waals surface area contributed by atoms with Crippen molar-refractivity contribution < 1.29 is 0 Å². The first-order valence-corrected chi connectivity index (χ1v) is 14.0. The van der Waals surface area contributed by atoms with Gasteiger partial charge in [0, 0.05) is 37.9 Å². The quantitative estimate of drug-likeness (QED) is 0.222. The van der Waals surface area contributed by atoms with Gasteiger partial charge in [-0.2, -0.15) is 0 Å². The van der Waals surface area contributed by atoms with E-state index < -0.39 is 0 Å². The van der Waals surface area contributed by atoms with Crippen LogP contribution in [0.3, 0.4) is 0 Å². The van der Waals surface area contributed by atoms with Crippen LogP contribution in [-0.2, 0) is 6.54 Å². The Morgan fingerprint density at radius 1 is 0.615 bits per heavy atom. The number of hydrogen-bond donors (Lipinski definition) is 2. The Labute approximate surface area is 230 Å². The first kappa shape index (κ1) is 23.9. The summed E-state index contributed by atoms with van der Waals surface area (Å²) in [6.45, 7) is 3.83. The summed E-state index contributed by atoms with van der Waals surface area (Å²) in [5.74, 6) is 0. The fourth-order valence-electron chi connectivity index (χ4n) is 5.76. The molecule has 3 heteroatoms. The van der Waals surface area contributed by atoms with Gasteiger partial charge in [0.25, 0.3) is 0 Å². The van der Waals surface area contributed by atoms with Gasteiger partial charge in [0.2, 0.25) is 0 Å². The predicted octanol–water partition coefficient (Wildman–Crippen LogP) is 7.67.